The summed E-state index contributed by atoms with van der Waals surface area (Å²) in [7, 11) is 0. The van der Waals surface area contributed by atoms with Gasteiger partial charge in [0.15, 0.2) is 6.61 Å². The Morgan fingerprint density at radius 3 is 2.37 bits per heavy atom. The van der Waals surface area contributed by atoms with Crippen LogP contribution in [0.3, 0.4) is 0 Å². The van der Waals surface area contributed by atoms with Gasteiger partial charge in [-0.2, -0.15) is 5.26 Å². The molecule has 2 N–H and O–H groups in total. The fourth-order valence-corrected chi connectivity index (χ4v) is 2.83. The molecule has 0 aliphatic heterocycles. The second-order valence-electron chi connectivity index (χ2n) is 5.83. The Hall–Kier alpha value is -3.98. The number of anilines is 1. The van der Waals surface area contributed by atoms with Gasteiger partial charge in [-0.3, -0.25) is 0 Å². The molecule has 0 unspecified atom stereocenters. The van der Waals surface area contributed by atoms with Crippen molar-refractivity contribution < 1.29 is 4.74 Å². The molecule has 130 valence electrons. The SMILES string of the molecule is N#CCOc1ccc(-c2ccc3nc(N)nc(-c4ccccc4)c3n2)cc1. The van der Waals surface area contributed by atoms with Gasteiger partial charge in [-0.15, -0.1) is 0 Å². The van der Waals surface area contributed by atoms with Crippen molar-refractivity contribution in [2.45, 2.75) is 0 Å². The van der Waals surface area contributed by atoms with Crippen molar-refractivity contribution in [1.29, 1.82) is 5.26 Å². The number of benzene rings is 2. The van der Waals surface area contributed by atoms with Crippen LogP contribution in [0, 0.1) is 11.3 Å². The standard InChI is InChI=1S/C21H15N5O/c22-12-13-27-16-8-6-14(7-9-16)17-10-11-18-20(24-17)19(26-21(23)25-18)15-4-2-1-3-5-15/h1-11H,13H2,(H2,23,25,26). The Kier molecular flexibility index (Phi) is 4.33. The molecule has 0 radical (unpaired) electrons. The van der Waals surface area contributed by atoms with Gasteiger partial charge < -0.3 is 10.5 Å². The topological polar surface area (TPSA) is 97.7 Å². The normalized spacial score (nSPS) is 10.5. The molecule has 0 spiro atoms. The van der Waals surface area contributed by atoms with E-state index in [0.717, 1.165) is 16.8 Å². The maximum Gasteiger partial charge on any atom is 0.221 e. The molecule has 4 aromatic rings. The summed E-state index contributed by atoms with van der Waals surface area (Å²) < 4.78 is 5.29. The number of nitrogens with two attached hydrogens (primary N) is 1. The monoisotopic (exact) mass is 353 g/mol. The van der Waals surface area contributed by atoms with Crippen LogP contribution in [-0.4, -0.2) is 21.6 Å². The predicted octanol–water partition coefficient (Wildman–Crippen LogP) is 3.84. The maximum atomic E-state index is 8.59. The van der Waals surface area contributed by atoms with Gasteiger partial charge in [0.05, 0.1) is 11.2 Å². The Morgan fingerprint density at radius 2 is 1.63 bits per heavy atom. The second kappa shape index (κ2) is 7.10. The summed E-state index contributed by atoms with van der Waals surface area (Å²) >= 11 is 0. The molecule has 0 fully saturated rings. The van der Waals surface area contributed by atoms with E-state index in [9.17, 15) is 0 Å². The van der Waals surface area contributed by atoms with Gasteiger partial charge in [-0.05, 0) is 36.4 Å². The third-order valence-corrected chi connectivity index (χ3v) is 4.06. The molecular formula is C21H15N5O. The van der Waals surface area contributed by atoms with E-state index in [4.69, 9.17) is 20.7 Å². The summed E-state index contributed by atoms with van der Waals surface area (Å²) in [5.74, 6) is 0.858. The summed E-state index contributed by atoms with van der Waals surface area (Å²) in [5, 5.41) is 8.59. The molecule has 0 aliphatic carbocycles. The lowest BCUT2D eigenvalue weighted by Gasteiger charge is -2.09. The van der Waals surface area contributed by atoms with Gasteiger partial charge in [0, 0.05) is 11.1 Å². The molecular weight excluding hydrogens is 338 g/mol. The van der Waals surface area contributed by atoms with E-state index in [0.29, 0.717) is 22.5 Å². The lowest BCUT2D eigenvalue weighted by atomic mass is 10.1. The number of ether oxygens (including phenoxy) is 1. The number of nitrogens with zero attached hydrogens (tertiary/aromatic N) is 4. The third kappa shape index (κ3) is 3.39. The maximum absolute atomic E-state index is 8.59. The quantitative estimate of drug-likeness (QED) is 0.598. The number of rotatable bonds is 4. The van der Waals surface area contributed by atoms with Gasteiger partial charge in [0.2, 0.25) is 5.95 Å². The van der Waals surface area contributed by atoms with Crippen LogP contribution < -0.4 is 10.5 Å². The second-order valence-corrected chi connectivity index (χ2v) is 5.83. The molecule has 6 heteroatoms. The van der Waals surface area contributed by atoms with Gasteiger partial charge in [0.1, 0.15) is 23.0 Å². The summed E-state index contributed by atoms with van der Waals surface area (Å²) in [5.41, 5.74) is 10.6. The lowest BCUT2D eigenvalue weighted by molar-refractivity contribution is 0.368. The summed E-state index contributed by atoms with van der Waals surface area (Å²) in [4.78, 5) is 13.5. The number of hydrogen-bond donors (Lipinski definition) is 1. The first-order valence-electron chi connectivity index (χ1n) is 8.34. The average Bonchev–Trinajstić information content (AvgIpc) is 2.72. The number of pyridine rings is 1. The average molecular weight is 353 g/mol. The highest BCUT2D eigenvalue weighted by atomic mass is 16.5. The van der Waals surface area contributed by atoms with Crippen LogP contribution in [0.1, 0.15) is 0 Å². The lowest BCUT2D eigenvalue weighted by Crippen LogP contribution is -2.00. The summed E-state index contributed by atoms with van der Waals surface area (Å²) in [6.07, 6.45) is 0. The molecule has 0 bridgehead atoms. The number of nitriles is 1. The fourth-order valence-electron chi connectivity index (χ4n) is 2.83. The molecule has 0 aliphatic rings. The molecule has 2 aromatic heterocycles. The van der Waals surface area contributed by atoms with E-state index in [1.165, 1.54) is 0 Å². The van der Waals surface area contributed by atoms with Crippen LogP contribution in [0.2, 0.25) is 0 Å². The zero-order valence-corrected chi connectivity index (χ0v) is 14.3. The zero-order valence-electron chi connectivity index (χ0n) is 14.3. The van der Waals surface area contributed by atoms with Crippen LogP contribution in [0.4, 0.5) is 5.95 Å². The van der Waals surface area contributed by atoms with Crippen molar-refractivity contribution in [1.82, 2.24) is 15.0 Å². The molecule has 0 saturated heterocycles. The Bertz CT molecular complexity index is 1140. The van der Waals surface area contributed by atoms with Crippen molar-refractivity contribution in [2.75, 3.05) is 12.3 Å². The van der Waals surface area contributed by atoms with Crippen molar-refractivity contribution in [3.8, 4) is 34.3 Å². The molecule has 0 saturated carbocycles. The molecule has 6 nitrogen and oxygen atoms in total. The van der Waals surface area contributed by atoms with E-state index in [1.54, 1.807) is 0 Å². The van der Waals surface area contributed by atoms with E-state index in [-0.39, 0.29) is 12.6 Å². The van der Waals surface area contributed by atoms with Gasteiger partial charge in [-0.25, -0.2) is 15.0 Å². The van der Waals surface area contributed by atoms with Crippen LogP contribution in [0.5, 0.6) is 5.75 Å². The van der Waals surface area contributed by atoms with E-state index in [1.807, 2.05) is 72.8 Å². The number of nitrogen functional groups attached to an aromatic ring is 1. The van der Waals surface area contributed by atoms with Gasteiger partial charge in [-0.1, -0.05) is 30.3 Å². The molecule has 0 amide bonds. The van der Waals surface area contributed by atoms with Gasteiger partial charge in [0.25, 0.3) is 0 Å². The van der Waals surface area contributed by atoms with Crippen molar-refractivity contribution in [2.24, 2.45) is 0 Å². The van der Waals surface area contributed by atoms with Crippen molar-refractivity contribution in [3.63, 3.8) is 0 Å². The van der Waals surface area contributed by atoms with Crippen LogP contribution in [0.25, 0.3) is 33.5 Å². The summed E-state index contributed by atoms with van der Waals surface area (Å²) in [6, 6.07) is 23.0. The third-order valence-electron chi connectivity index (χ3n) is 4.06. The minimum atomic E-state index is 0.0206. The minimum Gasteiger partial charge on any atom is -0.479 e. The first-order valence-corrected chi connectivity index (χ1v) is 8.34. The van der Waals surface area contributed by atoms with Crippen LogP contribution in [0.15, 0.2) is 66.7 Å². The zero-order chi connectivity index (χ0) is 18.6. The Morgan fingerprint density at radius 1 is 0.852 bits per heavy atom. The predicted molar refractivity (Wildman–Crippen MR) is 104 cm³/mol. The number of hydrogen-bond acceptors (Lipinski definition) is 6. The van der Waals surface area contributed by atoms with E-state index in [2.05, 4.69) is 9.97 Å². The van der Waals surface area contributed by atoms with E-state index >= 15 is 0 Å². The molecule has 2 heterocycles. The highest BCUT2D eigenvalue weighted by Crippen LogP contribution is 2.28. The van der Waals surface area contributed by atoms with Crippen LogP contribution >= 0.6 is 0 Å². The highest BCUT2D eigenvalue weighted by Gasteiger charge is 2.11. The molecule has 4 rings (SSSR count). The Balaban J connectivity index is 1.80. The van der Waals surface area contributed by atoms with Crippen molar-refractivity contribution in [3.05, 3.63) is 66.7 Å². The molecule has 2 aromatic carbocycles. The summed E-state index contributed by atoms with van der Waals surface area (Å²) in [6.45, 7) is 0.0206. The fraction of sp³-hybridized carbons (Fsp3) is 0.0476. The highest BCUT2D eigenvalue weighted by molar-refractivity contribution is 5.91. The smallest absolute Gasteiger partial charge is 0.221 e. The van der Waals surface area contributed by atoms with Crippen LogP contribution in [-0.2, 0) is 0 Å². The Labute approximate surface area is 155 Å². The largest absolute Gasteiger partial charge is 0.479 e. The van der Waals surface area contributed by atoms with E-state index < -0.39 is 0 Å². The molecule has 0 atom stereocenters. The first-order chi connectivity index (χ1) is 13.2. The number of aromatic nitrogens is 3. The minimum absolute atomic E-state index is 0.0206. The van der Waals surface area contributed by atoms with Gasteiger partial charge >= 0.3 is 0 Å². The molecule has 27 heavy (non-hydrogen) atoms. The van der Waals surface area contributed by atoms with Crippen molar-refractivity contribution >= 4 is 17.0 Å². The first kappa shape index (κ1) is 16.5. The number of fused-ring (bicyclic) bond motifs is 1.